The Balaban J connectivity index is 3.87. The SMILES string of the molecule is CCCCCCCCC/C=C\CCCCCCCC(=O)OCC(COP(=O)([O-])OCC[N+](C)(C)C)OC(=O)CCCCCCCCCCCCCCCCCCCCCCCCCCCCC/C=C\CCCCCCCCCC. The molecule has 0 aromatic carbocycles. The number of allylic oxidation sites excluding steroid dienone is 4. The summed E-state index contributed by atoms with van der Waals surface area (Å²) in [6, 6.07) is 0. The molecule has 9 nitrogen and oxygen atoms in total. The molecule has 468 valence electrons. The van der Waals surface area contributed by atoms with Gasteiger partial charge in [0.05, 0.1) is 27.7 Å². The third-order valence-electron chi connectivity index (χ3n) is 15.7. The van der Waals surface area contributed by atoms with E-state index in [0.29, 0.717) is 17.4 Å². The monoisotopic (exact) mass is 1140 g/mol. The molecule has 0 radical (unpaired) electrons. The molecule has 2 atom stereocenters. The molecule has 79 heavy (non-hydrogen) atoms. The molecule has 0 saturated heterocycles. The van der Waals surface area contributed by atoms with Gasteiger partial charge in [0.2, 0.25) is 0 Å². The number of phosphoric ester groups is 1. The highest BCUT2D eigenvalue weighted by molar-refractivity contribution is 7.45. The maximum atomic E-state index is 12.8. The predicted octanol–water partition coefficient (Wildman–Crippen LogP) is 21.5. The molecule has 0 aliphatic heterocycles. The Morgan fingerprint density at radius 3 is 0.937 bits per heavy atom. The Morgan fingerprint density at radius 1 is 0.380 bits per heavy atom. The molecule has 0 spiro atoms. The number of quaternary nitrogens is 1. The number of ether oxygens (including phenoxy) is 2. The molecular formula is C69H134NO8P. The zero-order chi connectivity index (χ0) is 57.7. The fourth-order valence-corrected chi connectivity index (χ4v) is 11.1. The van der Waals surface area contributed by atoms with Crippen molar-refractivity contribution in [3.8, 4) is 0 Å². The lowest BCUT2D eigenvalue weighted by Gasteiger charge is -2.28. The average Bonchev–Trinajstić information content (AvgIpc) is 3.41. The summed E-state index contributed by atoms with van der Waals surface area (Å²) in [6.45, 7) is 4.28. The first-order chi connectivity index (χ1) is 38.5. The molecule has 0 heterocycles. The summed E-state index contributed by atoms with van der Waals surface area (Å²) in [5.74, 6) is -0.825. The number of phosphoric acid groups is 1. The molecule has 2 unspecified atom stereocenters. The first-order valence-corrected chi connectivity index (χ1v) is 36.0. The molecule has 0 bridgehead atoms. The van der Waals surface area contributed by atoms with Gasteiger partial charge in [-0.2, -0.15) is 0 Å². The van der Waals surface area contributed by atoms with E-state index in [1.54, 1.807) is 0 Å². The second kappa shape index (κ2) is 61.1. The van der Waals surface area contributed by atoms with Gasteiger partial charge in [-0.05, 0) is 64.2 Å². The summed E-state index contributed by atoms with van der Waals surface area (Å²) in [7, 11) is 1.18. The highest BCUT2D eigenvalue weighted by Gasteiger charge is 2.22. The van der Waals surface area contributed by atoms with Crippen molar-refractivity contribution < 1.29 is 42.1 Å². The highest BCUT2D eigenvalue weighted by atomic mass is 31.2. The molecule has 0 aromatic rings. The average molecular weight is 1140 g/mol. The van der Waals surface area contributed by atoms with Crippen LogP contribution in [0.1, 0.15) is 354 Å². The van der Waals surface area contributed by atoms with Gasteiger partial charge in [0.15, 0.2) is 6.10 Å². The van der Waals surface area contributed by atoms with Crippen molar-refractivity contribution in [3.63, 3.8) is 0 Å². The molecule has 0 aliphatic carbocycles. The van der Waals surface area contributed by atoms with Crippen LogP contribution in [0.4, 0.5) is 0 Å². The first kappa shape index (κ1) is 77.5. The van der Waals surface area contributed by atoms with E-state index in [-0.39, 0.29) is 32.0 Å². The van der Waals surface area contributed by atoms with E-state index in [0.717, 1.165) is 51.4 Å². The molecular weight excluding hydrogens is 1000 g/mol. The van der Waals surface area contributed by atoms with Crippen LogP contribution < -0.4 is 4.89 Å². The van der Waals surface area contributed by atoms with Crippen LogP contribution in [0.5, 0.6) is 0 Å². The van der Waals surface area contributed by atoms with Gasteiger partial charge in [-0.25, -0.2) is 0 Å². The van der Waals surface area contributed by atoms with Crippen molar-refractivity contribution in [3.05, 3.63) is 24.3 Å². The van der Waals surface area contributed by atoms with E-state index in [2.05, 4.69) is 38.2 Å². The fourth-order valence-electron chi connectivity index (χ4n) is 10.4. The van der Waals surface area contributed by atoms with Crippen LogP contribution >= 0.6 is 7.82 Å². The zero-order valence-corrected chi connectivity index (χ0v) is 54.2. The van der Waals surface area contributed by atoms with E-state index in [4.69, 9.17) is 18.5 Å². The maximum Gasteiger partial charge on any atom is 0.306 e. The summed E-state index contributed by atoms with van der Waals surface area (Å²) in [4.78, 5) is 37.9. The lowest BCUT2D eigenvalue weighted by atomic mass is 10.0. The number of carbonyl (C=O) groups excluding carboxylic acids is 2. The van der Waals surface area contributed by atoms with E-state index in [1.165, 1.54) is 270 Å². The van der Waals surface area contributed by atoms with E-state index < -0.39 is 26.5 Å². The zero-order valence-electron chi connectivity index (χ0n) is 53.4. The number of unbranched alkanes of at least 4 members (excludes halogenated alkanes) is 47. The summed E-state index contributed by atoms with van der Waals surface area (Å²) < 4.78 is 34.2. The predicted molar refractivity (Wildman–Crippen MR) is 338 cm³/mol. The molecule has 0 fully saturated rings. The minimum Gasteiger partial charge on any atom is -0.756 e. The van der Waals surface area contributed by atoms with Crippen LogP contribution in [0, 0.1) is 0 Å². The number of likely N-dealkylation sites (N-methyl/N-ethyl adjacent to an activating group) is 1. The van der Waals surface area contributed by atoms with Crippen LogP contribution in [0.25, 0.3) is 0 Å². The number of hydrogen-bond donors (Lipinski definition) is 0. The molecule has 0 saturated carbocycles. The largest absolute Gasteiger partial charge is 0.756 e. The van der Waals surface area contributed by atoms with Gasteiger partial charge in [0, 0.05) is 12.8 Å². The van der Waals surface area contributed by atoms with Gasteiger partial charge in [-0.3, -0.25) is 14.2 Å². The quantitative estimate of drug-likeness (QED) is 0.0195. The number of rotatable bonds is 65. The van der Waals surface area contributed by atoms with Crippen molar-refractivity contribution in [2.24, 2.45) is 0 Å². The van der Waals surface area contributed by atoms with E-state index in [1.807, 2.05) is 21.1 Å². The van der Waals surface area contributed by atoms with Gasteiger partial charge in [-0.15, -0.1) is 0 Å². The minimum atomic E-state index is -4.64. The summed E-state index contributed by atoms with van der Waals surface area (Å²) in [5, 5.41) is 0. The summed E-state index contributed by atoms with van der Waals surface area (Å²) in [5.41, 5.74) is 0. The minimum absolute atomic E-state index is 0.0289. The third-order valence-corrected chi connectivity index (χ3v) is 16.7. The van der Waals surface area contributed by atoms with Crippen LogP contribution in [-0.2, 0) is 32.7 Å². The van der Waals surface area contributed by atoms with Crippen LogP contribution in [-0.4, -0.2) is 70.0 Å². The Hall–Kier alpha value is -1.51. The Kier molecular flexibility index (Phi) is 59.9. The van der Waals surface area contributed by atoms with E-state index >= 15 is 0 Å². The highest BCUT2D eigenvalue weighted by Crippen LogP contribution is 2.38. The fraction of sp³-hybridized carbons (Fsp3) is 0.913. The summed E-state index contributed by atoms with van der Waals surface area (Å²) in [6.07, 6.45) is 75.7. The smallest absolute Gasteiger partial charge is 0.306 e. The molecule has 0 amide bonds. The van der Waals surface area contributed by atoms with Crippen molar-refractivity contribution in [1.82, 2.24) is 0 Å². The standard InChI is InChI=1S/C69H134NO8P/c1-6-8-10-12-14-16-18-20-22-24-25-26-27-28-29-30-31-32-33-34-35-36-37-38-39-40-41-42-43-44-45-46-48-50-52-54-56-58-60-62-69(72)78-67(66-77-79(73,74)76-64-63-70(3,4)5)65-75-68(71)61-59-57-55-53-51-49-47-23-21-19-17-15-13-11-9-7-2/h23-25,47,67H,6-22,26-46,48-66H2,1-5H3/b25-24-,47-23-. The lowest BCUT2D eigenvalue weighted by Crippen LogP contribution is -2.37. The lowest BCUT2D eigenvalue weighted by molar-refractivity contribution is -0.870. The van der Waals surface area contributed by atoms with Gasteiger partial charge in [0.25, 0.3) is 7.82 Å². The molecule has 0 N–H and O–H groups in total. The number of hydrogen-bond acceptors (Lipinski definition) is 8. The molecule has 0 aromatic heterocycles. The number of carbonyl (C=O) groups is 2. The van der Waals surface area contributed by atoms with Crippen LogP contribution in [0.2, 0.25) is 0 Å². The molecule has 0 aliphatic rings. The van der Waals surface area contributed by atoms with Crippen molar-refractivity contribution >= 4 is 19.8 Å². The van der Waals surface area contributed by atoms with Crippen molar-refractivity contribution in [2.75, 3.05) is 47.5 Å². The Bertz CT molecular complexity index is 1380. The second-order valence-corrected chi connectivity index (χ2v) is 26.3. The Morgan fingerprint density at radius 2 is 0.646 bits per heavy atom. The van der Waals surface area contributed by atoms with Crippen LogP contribution in [0.15, 0.2) is 24.3 Å². The van der Waals surface area contributed by atoms with E-state index in [9.17, 15) is 19.0 Å². The van der Waals surface area contributed by atoms with Crippen molar-refractivity contribution in [2.45, 2.75) is 360 Å². The number of nitrogens with zero attached hydrogens (tertiary/aromatic N) is 1. The number of esters is 2. The van der Waals surface area contributed by atoms with Crippen LogP contribution in [0.3, 0.4) is 0 Å². The van der Waals surface area contributed by atoms with Gasteiger partial charge in [-0.1, -0.05) is 301 Å². The van der Waals surface area contributed by atoms with Gasteiger partial charge < -0.3 is 27.9 Å². The molecule has 0 rings (SSSR count). The second-order valence-electron chi connectivity index (χ2n) is 24.9. The molecule has 10 heteroatoms. The Labute approximate surface area is 491 Å². The maximum absolute atomic E-state index is 12.8. The summed E-state index contributed by atoms with van der Waals surface area (Å²) >= 11 is 0. The van der Waals surface area contributed by atoms with Crippen molar-refractivity contribution in [1.29, 1.82) is 0 Å². The topological polar surface area (TPSA) is 111 Å². The normalized spacial score (nSPS) is 13.2. The van der Waals surface area contributed by atoms with Gasteiger partial charge >= 0.3 is 11.9 Å². The first-order valence-electron chi connectivity index (χ1n) is 34.5. The van der Waals surface area contributed by atoms with Gasteiger partial charge in [0.1, 0.15) is 19.8 Å². The third kappa shape index (κ3) is 65.5.